The van der Waals surface area contributed by atoms with Gasteiger partial charge in [-0.15, -0.1) is 10.2 Å². The van der Waals surface area contributed by atoms with Crippen LogP contribution < -0.4 is 5.32 Å². The summed E-state index contributed by atoms with van der Waals surface area (Å²) in [5, 5.41) is 28.4. The number of benzene rings is 2. The van der Waals surface area contributed by atoms with Gasteiger partial charge in [-0.25, -0.2) is 0 Å². The smallest absolute Gasteiger partial charge is 0.253 e. The van der Waals surface area contributed by atoms with E-state index in [9.17, 15) is 19.6 Å². The summed E-state index contributed by atoms with van der Waals surface area (Å²) in [6, 6.07) is 13.7. The van der Waals surface area contributed by atoms with E-state index >= 15 is 0 Å². The summed E-state index contributed by atoms with van der Waals surface area (Å²) in [5.41, 5.74) is 4.51. The zero-order valence-corrected chi connectivity index (χ0v) is 25.3. The number of aromatic amines is 1. The third-order valence-corrected chi connectivity index (χ3v) is 9.98. The molecule has 1 aliphatic carbocycles. The Morgan fingerprint density at radius 3 is 2.04 bits per heavy atom. The van der Waals surface area contributed by atoms with Crippen molar-refractivity contribution in [3.05, 3.63) is 75.6 Å². The predicted octanol–water partition coefficient (Wildman–Crippen LogP) is 1.82. The molecule has 12 nitrogen and oxygen atoms in total. The average Bonchev–Trinajstić information content (AvgIpc) is 3.69. The van der Waals surface area contributed by atoms with E-state index in [0.717, 1.165) is 67.7 Å². The van der Waals surface area contributed by atoms with Crippen LogP contribution in [0.25, 0.3) is 0 Å². The van der Waals surface area contributed by atoms with Gasteiger partial charge in [-0.2, -0.15) is 10.5 Å². The number of rotatable bonds is 8. The topological polar surface area (TPSA) is 151 Å². The maximum absolute atomic E-state index is 13.2. The van der Waals surface area contributed by atoms with Gasteiger partial charge >= 0.3 is 0 Å². The monoisotopic (exact) mass is 607 g/mol. The summed E-state index contributed by atoms with van der Waals surface area (Å²) in [4.78, 5) is 44.9. The quantitative estimate of drug-likeness (QED) is 0.368. The van der Waals surface area contributed by atoms with Crippen molar-refractivity contribution in [3.63, 3.8) is 0 Å². The molecule has 2 N–H and O–H groups in total. The Kier molecular flexibility index (Phi) is 7.79. The number of carbonyl (C=O) groups is 3. The minimum Gasteiger partial charge on any atom is -0.339 e. The van der Waals surface area contributed by atoms with Crippen LogP contribution in [0.5, 0.6) is 0 Å². The lowest BCUT2D eigenvalue weighted by Gasteiger charge is -2.35. The highest BCUT2D eigenvalue weighted by molar-refractivity contribution is 5.96. The highest BCUT2D eigenvalue weighted by atomic mass is 16.2. The number of H-pyrrole nitrogens is 1. The van der Waals surface area contributed by atoms with Crippen LogP contribution in [0, 0.1) is 11.3 Å². The predicted molar refractivity (Wildman–Crippen MR) is 163 cm³/mol. The standard InChI is InChI=1S/C33H37N9O3/c34-20-26-4-1-17-42(26)29(43)21-35-12-11-33(32-36-38-39-37-32)27-9-7-24(30(44)40-13-2-14-40)18-22(27)5-6-23-19-25(8-10-28(23)33)31(45)41-15-3-16-41/h7-10,18-19,26,35H,1-6,11-17,21H2,(H,36,37,38,39)/t26-/m0/s1. The molecule has 0 saturated carbocycles. The van der Waals surface area contributed by atoms with Crippen LogP contribution in [0.1, 0.15) is 80.9 Å². The van der Waals surface area contributed by atoms with Gasteiger partial charge in [0, 0.05) is 43.9 Å². The van der Waals surface area contributed by atoms with Gasteiger partial charge in [0.1, 0.15) is 6.04 Å². The number of hydrogen-bond donors (Lipinski definition) is 2. The molecule has 1 aromatic heterocycles. The van der Waals surface area contributed by atoms with Gasteiger partial charge in [0.15, 0.2) is 5.82 Å². The molecule has 3 aromatic rings. The van der Waals surface area contributed by atoms with Crippen molar-refractivity contribution >= 4 is 17.7 Å². The summed E-state index contributed by atoms with van der Waals surface area (Å²) >= 11 is 0. The maximum atomic E-state index is 13.2. The molecular formula is C33H37N9O3. The number of nitrogens with zero attached hydrogens (tertiary/aromatic N) is 7. The molecule has 3 fully saturated rings. The number of aryl methyl sites for hydroxylation is 2. The maximum Gasteiger partial charge on any atom is 0.253 e. The lowest BCUT2D eigenvalue weighted by molar-refractivity contribution is -0.130. The van der Waals surface area contributed by atoms with E-state index in [1.54, 1.807) is 4.90 Å². The third-order valence-electron chi connectivity index (χ3n) is 9.98. The molecule has 0 bridgehead atoms. The van der Waals surface area contributed by atoms with Crippen LogP contribution >= 0.6 is 0 Å². The van der Waals surface area contributed by atoms with Gasteiger partial charge in [-0.1, -0.05) is 17.3 Å². The number of fused-ring (bicyclic) bond motifs is 2. The van der Waals surface area contributed by atoms with E-state index in [1.165, 1.54) is 0 Å². The summed E-state index contributed by atoms with van der Waals surface area (Å²) < 4.78 is 0. The zero-order chi connectivity index (χ0) is 31.0. The van der Waals surface area contributed by atoms with Gasteiger partial charge < -0.3 is 20.0 Å². The minimum atomic E-state index is -0.857. The first-order chi connectivity index (χ1) is 22.0. The van der Waals surface area contributed by atoms with Gasteiger partial charge in [0.2, 0.25) is 5.91 Å². The molecule has 3 saturated heterocycles. The van der Waals surface area contributed by atoms with Crippen molar-refractivity contribution in [1.82, 2.24) is 40.6 Å². The molecule has 3 amide bonds. The minimum absolute atomic E-state index is 0.0381. The lowest BCUT2D eigenvalue weighted by atomic mass is 9.69. The summed E-state index contributed by atoms with van der Waals surface area (Å²) in [6.07, 6.45) is 5.46. The molecule has 232 valence electrons. The largest absolute Gasteiger partial charge is 0.339 e. The third kappa shape index (κ3) is 5.15. The second-order valence-electron chi connectivity index (χ2n) is 12.5. The highest BCUT2D eigenvalue weighted by Gasteiger charge is 2.45. The Bertz CT molecular complexity index is 1580. The fraction of sp³-hybridized carbons (Fsp3) is 0.485. The molecule has 0 unspecified atom stereocenters. The Morgan fingerprint density at radius 1 is 0.911 bits per heavy atom. The van der Waals surface area contributed by atoms with Gasteiger partial charge in [0.05, 0.1) is 18.0 Å². The first-order valence-electron chi connectivity index (χ1n) is 16.0. The van der Waals surface area contributed by atoms with Crippen LogP contribution in [0.2, 0.25) is 0 Å². The number of hydrogen-bond acceptors (Lipinski definition) is 8. The second kappa shape index (κ2) is 12.0. The Balaban J connectivity index is 1.26. The van der Waals surface area contributed by atoms with Crippen molar-refractivity contribution in [2.75, 3.05) is 45.8 Å². The van der Waals surface area contributed by atoms with Crippen molar-refractivity contribution in [2.45, 2.75) is 56.4 Å². The summed E-state index contributed by atoms with van der Waals surface area (Å²) in [6.45, 7) is 4.28. The zero-order valence-electron chi connectivity index (χ0n) is 25.3. The van der Waals surface area contributed by atoms with E-state index < -0.39 is 5.41 Å². The van der Waals surface area contributed by atoms with Gasteiger partial charge in [-0.3, -0.25) is 14.4 Å². The van der Waals surface area contributed by atoms with E-state index in [4.69, 9.17) is 0 Å². The molecule has 0 radical (unpaired) electrons. The van der Waals surface area contributed by atoms with Crippen LogP contribution in [0.15, 0.2) is 36.4 Å². The molecule has 45 heavy (non-hydrogen) atoms. The number of tetrazole rings is 1. The van der Waals surface area contributed by atoms with E-state index in [0.29, 0.717) is 55.7 Å². The van der Waals surface area contributed by atoms with Gasteiger partial charge in [0.25, 0.3) is 11.8 Å². The van der Waals surface area contributed by atoms with Crippen LogP contribution in [-0.2, 0) is 23.1 Å². The highest BCUT2D eigenvalue weighted by Crippen LogP contribution is 2.46. The van der Waals surface area contributed by atoms with E-state index in [2.05, 4.69) is 32.0 Å². The molecule has 0 spiro atoms. The molecule has 4 aliphatic rings. The number of aromatic nitrogens is 4. The van der Waals surface area contributed by atoms with Crippen molar-refractivity contribution in [1.29, 1.82) is 5.26 Å². The molecular weight excluding hydrogens is 570 g/mol. The Hall–Kier alpha value is -4.63. The van der Waals surface area contributed by atoms with Crippen LogP contribution in [0.3, 0.4) is 0 Å². The summed E-state index contributed by atoms with van der Waals surface area (Å²) in [7, 11) is 0. The number of nitrogens with one attached hydrogen (secondary N) is 2. The number of likely N-dealkylation sites (tertiary alicyclic amines) is 3. The van der Waals surface area contributed by atoms with Crippen LogP contribution in [0.4, 0.5) is 0 Å². The normalized spacial score (nSPS) is 19.9. The van der Waals surface area contributed by atoms with E-state index in [1.807, 2.05) is 46.2 Å². The van der Waals surface area contributed by atoms with Crippen molar-refractivity contribution in [2.24, 2.45) is 0 Å². The SMILES string of the molecule is N#C[C@@H]1CCCN1C(=O)CNCCC1(c2nn[nH]n2)c2ccc(C(=O)N3CCC3)cc2CCc2cc(C(=O)N3CCC3)ccc21. The van der Waals surface area contributed by atoms with Crippen LogP contribution in [-0.4, -0.2) is 105 Å². The first kappa shape index (κ1) is 29.1. The van der Waals surface area contributed by atoms with E-state index in [-0.39, 0.29) is 30.3 Å². The van der Waals surface area contributed by atoms with Crippen molar-refractivity contribution < 1.29 is 14.4 Å². The molecule has 4 heterocycles. The molecule has 7 rings (SSSR count). The fourth-order valence-corrected chi connectivity index (χ4v) is 7.25. The molecule has 2 aromatic carbocycles. The Labute approximate surface area is 261 Å². The molecule has 12 heteroatoms. The lowest BCUT2D eigenvalue weighted by Crippen LogP contribution is -2.43. The van der Waals surface area contributed by atoms with Gasteiger partial charge in [-0.05, 0) is 98.0 Å². The number of amides is 3. The average molecular weight is 608 g/mol. The number of nitriles is 1. The van der Waals surface area contributed by atoms with Crippen molar-refractivity contribution in [3.8, 4) is 6.07 Å². The summed E-state index contributed by atoms with van der Waals surface area (Å²) in [5.74, 6) is 0.484. The Morgan fingerprint density at radius 2 is 1.53 bits per heavy atom. The first-order valence-corrected chi connectivity index (χ1v) is 16.0. The fourth-order valence-electron chi connectivity index (χ4n) is 7.25. The molecule has 3 aliphatic heterocycles. The second-order valence-corrected chi connectivity index (χ2v) is 12.5. The molecule has 1 atom stereocenters. The number of carbonyl (C=O) groups excluding carboxylic acids is 3.